The van der Waals surface area contributed by atoms with E-state index in [0.29, 0.717) is 36.2 Å². The first-order valence-corrected chi connectivity index (χ1v) is 11.9. The summed E-state index contributed by atoms with van der Waals surface area (Å²) in [6.07, 6.45) is 1.04. The van der Waals surface area contributed by atoms with Crippen LogP contribution in [0.2, 0.25) is 0 Å². The van der Waals surface area contributed by atoms with Gasteiger partial charge in [-0.3, -0.25) is 4.79 Å². The Hall–Kier alpha value is -2.29. The average molecular weight is 430 g/mol. The molecule has 1 N–H and O–H groups in total. The first-order valence-electron chi connectivity index (χ1n) is 9.58. The molecule has 3 aromatic rings. The largest absolute Gasteiger partial charge is 0.322 e. The lowest BCUT2D eigenvalue weighted by Gasteiger charge is -2.34. The smallest absolute Gasteiger partial charge is 0.255 e. The summed E-state index contributed by atoms with van der Waals surface area (Å²) in [6, 6.07) is 11.7. The van der Waals surface area contributed by atoms with Gasteiger partial charge in [0.05, 0.1) is 20.6 Å². The van der Waals surface area contributed by atoms with Crippen LogP contribution in [0, 0.1) is 11.8 Å². The second-order valence-corrected chi connectivity index (χ2v) is 10.6. The summed E-state index contributed by atoms with van der Waals surface area (Å²) in [7, 11) is -3.55. The monoisotopic (exact) mass is 429 g/mol. The van der Waals surface area contributed by atoms with Gasteiger partial charge in [0.1, 0.15) is 0 Å². The highest BCUT2D eigenvalue weighted by molar-refractivity contribution is 7.89. The van der Waals surface area contributed by atoms with Crippen molar-refractivity contribution < 1.29 is 13.2 Å². The minimum Gasteiger partial charge on any atom is -0.322 e. The van der Waals surface area contributed by atoms with Crippen LogP contribution >= 0.6 is 11.3 Å². The van der Waals surface area contributed by atoms with E-state index in [1.54, 1.807) is 28.0 Å². The quantitative estimate of drug-likeness (QED) is 0.674. The van der Waals surface area contributed by atoms with Gasteiger partial charge in [-0.05, 0) is 60.7 Å². The van der Waals surface area contributed by atoms with Gasteiger partial charge in [-0.15, -0.1) is 11.3 Å². The zero-order chi connectivity index (χ0) is 20.6. The Morgan fingerprint density at radius 1 is 1.10 bits per heavy atom. The second-order valence-electron chi connectivity index (χ2n) is 7.78. The maximum absolute atomic E-state index is 13.0. The molecule has 8 heteroatoms. The Morgan fingerprint density at radius 2 is 1.79 bits per heavy atom. The number of fused-ring (bicyclic) bond motifs is 1. The molecule has 1 aliphatic rings. The molecule has 1 aliphatic heterocycles. The van der Waals surface area contributed by atoms with E-state index < -0.39 is 10.0 Å². The maximum Gasteiger partial charge on any atom is 0.255 e. The molecule has 29 heavy (non-hydrogen) atoms. The minimum absolute atomic E-state index is 0.224. The van der Waals surface area contributed by atoms with Crippen LogP contribution in [0.1, 0.15) is 30.6 Å². The number of carbonyl (C=O) groups excluding carboxylic acids is 1. The summed E-state index contributed by atoms with van der Waals surface area (Å²) < 4.78 is 28.5. The molecule has 1 saturated heterocycles. The summed E-state index contributed by atoms with van der Waals surface area (Å²) in [4.78, 5) is 17.0. The molecule has 0 unspecified atom stereocenters. The molecule has 1 aromatic heterocycles. The molecular formula is C21H23N3O3S2. The number of anilines is 1. The molecule has 152 valence electrons. The van der Waals surface area contributed by atoms with Gasteiger partial charge in [-0.1, -0.05) is 13.8 Å². The number of nitrogens with zero attached hydrogens (tertiary/aromatic N) is 2. The van der Waals surface area contributed by atoms with Crippen LogP contribution < -0.4 is 5.32 Å². The molecule has 2 heterocycles. The van der Waals surface area contributed by atoms with Crippen LogP contribution in [-0.2, 0) is 10.0 Å². The maximum atomic E-state index is 13.0. The summed E-state index contributed by atoms with van der Waals surface area (Å²) in [5.41, 5.74) is 3.75. The van der Waals surface area contributed by atoms with Crippen molar-refractivity contribution in [3.8, 4) is 0 Å². The topological polar surface area (TPSA) is 79.4 Å². The predicted molar refractivity (Wildman–Crippen MR) is 116 cm³/mol. The van der Waals surface area contributed by atoms with Gasteiger partial charge in [0.2, 0.25) is 10.0 Å². The van der Waals surface area contributed by atoms with Gasteiger partial charge in [0.25, 0.3) is 5.91 Å². The Bertz CT molecular complexity index is 1130. The number of rotatable bonds is 4. The van der Waals surface area contributed by atoms with Crippen LogP contribution in [0.3, 0.4) is 0 Å². The molecule has 1 fully saturated rings. The van der Waals surface area contributed by atoms with Crippen molar-refractivity contribution in [2.24, 2.45) is 11.8 Å². The van der Waals surface area contributed by atoms with E-state index in [-0.39, 0.29) is 10.8 Å². The molecule has 0 saturated carbocycles. The van der Waals surface area contributed by atoms with E-state index in [1.165, 1.54) is 23.5 Å². The lowest BCUT2D eigenvalue weighted by Crippen LogP contribution is -2.42. The van der Waals surface area contributed by atoms with E-state index in [9.17, 15) is 13.2 Å². The SMILES string of the molecule is C[C@H]1C[C@H](C)CN(S(=O)(=O)c2ccc(C(=O)Nc3ccc4ncsc4c3)cc2)C1. The van der Waals surface area contributed by atoms with Crippen molar-refractivity contribution in [3.63, 3.8) is 0 Å². The molecule has 2 atom stereocenters. The molecule has 4 rings (SSSR count). The number of piperidine rings is 1. The third-order valence-corrected chi connectivity index (χ3v) is 7.82. The third-order valence-electron chi connectivity index (χ3n) is 5.18. The fraction of sp³-hybridized carbons (Fsp3) is 0.333. The number of carbonyl (C=O) groups is 1. The van der Waals surface area contributed by atoms with Gasteiger partial charge in [-0.2, -0.15) is 4.31 Å². The molecule has 6 nitrogen and oxygen atoms in total. The number of thiazole rings is 1. The van der Waals surface area contributed by atoms with Gasteiger partial charge in [0, 0.05) is 24.3 Å². The first-order chi connectivity index (χ1) is 13.8. The van der Waals surface area contributed by atoms with Gasteiger partial charge >= 0.3 is 0 Å². The summed E-state index contributed by atoms with van der Waals surface area (Å²) >= 11 is 1.51. The highest BCUT2D eigenvalue weighted by atomic mass is 32.2. The normalized spacial score (nSPS) is 20.6. The van der Waals surface area contributed by atoms with Crippen molar-refractivity contribution >= 4 is 43.2 Å². The Morgan fingerprint density at radius 3 is 2.48 bits per heavy atom. The fourth-order valence-corrected chi connectivity index (χ4v) is 6.26. The highest BCUT2D eigenvalue weighted by Crippen LogP contribution is 2.27. The van der Waals surface area contributed by atoms with E-state index in [1.807, 2.05) is 12.1 Å². The van der Waals surface area contributed by atoms with Crippen molar-refractivity contribution in [1.82, 2.24) is 9.29 Å². The van der Waals surface area contributed by atoms with Crippen molar-refractivity contribution in [2.45, 2.75) is 25.2 Å². The number of sulfonamides is 1. The number of benzene rings is 2. The molecule has 0 radical (unpaired) electrons. The van der Waals surface area contributed by atoms with Gasteiger partial charge < -0.3 is 5.32 Å². The van der Waals surface area contributed by atoms with Crippen LogP contribution in [-0.4, -0.2) is 36.7 Å². The van der Waals surface area contributed by atoms with Crippen molar-refractivity contribution in [1.29, 1.82) is 0 Å². The first kappa shape index (κ1) is 20.0. The molecule has 0 aliphatic carbocycles. The number of hydrogen-bond donors (Lipinski definition) is 1. The Kier molecular flexibility index (Phi) is 5.42. The summed E-state index contributed by atoms with van der Waals surface area (Å²) in [6.45, 7) is 5.23. The van der Waals surface area contributed by atoms with Crippen molar-refractivity contribution in [2.75, 3.05) is 18.4 Å². The van der Waals surface area contributed by atoms with E-state index >= 15 is 0 Å². The zero-order valence-electron chi connectivity index (χ0n) is 16.3. The van der Waals surface area contributed by atoms with E-state index in [4.69, 9.17) is 0 Å². The minimum atomic E-state index is -3.55. The number of amides is 1. The average Bonchev–Trinajstić information content (AvgIpc) is 3.15. The molecule has 2 aromatic carbocycles. The molecule has 1 amide bonds. The lowest BCUT2D eigenvalue weighted by atomic mass is 9.94. The Balaban J connectivity index is 1.50. The standard InChI is InChI=1S/C21H23N3O3S2/c1-14-9-15(2)12-24(11-14)29(26,27)18-6-3-16(4-7-18)21(25)23-17-5-8-19-20(10-17)28-13-22-19/h3-8,10,13-15H,9,11-12H2,1-2H3,(H,23,25)/t14-,15-/m0/s1. The number of aromatic nitrogens is 1. The molecular weight excluding hydrogens is 406 g/mol. The van der Waals surface area contributed by atoms with E-state index in [0.717, 1.165) is 16.6 Å². The van der Waals surface area contributed by atoms with Gasteiger partial charge in [-0.25, -0.2) is 13.4 Å². The Labute approximate surface area is 174 Å². The summed E-state index contributed by atoms with van der Waals surface area (Å²) in [5, 5.41) is 2.85. The highest BCUT2D eigenvalue weighted by Gasteiger charge is 2.31. The fourth-order valence-electron chi connectivity index (χ4n) is 3.87. The summed E-state index contributed by atoms with van der Waals surface area (Å²) in [5.74, 6) is 0.405. The lowest BCUT2D eigenvalue weighted by molar-refractivity contribution is 0.102. The molecule has 0 bridgehead atoms. The van der Waals surface area contributed by atoms with Crippen LogP contribution in [0.25, 0.3) is 10.2 Å². The van der Waals surface area contributed by atoms with Crippen molar-refractivity contribution in [3.05, 3.63) is 53.5 Å². The zero-order valence-corrected chi connectivity index (χ0v) is 18.0. The van der Waals surface area contributed by atoms with Crippen LogP contribution in [0.5, 0.6) is 0 Å². The second kappa shape index (κ2) is 7.85. The van der Waals surface area contributed by atoms with Gasteiger partial charge in [0.15, 0.2) is 0 Å². The predicted octanol–water partition coefficient (Wildman–Crippen LogP) is 4.22. The molecule has 0 spiro atoms. The van der Waals surface area contributed by atoms with Crippen LogP contribution in [0.4, 0.5) is 5.69 Å². The van der Waals surface area contributed by atoms with E-state index in [2.05, 4.69) is 24.1 Å². The number of hydrogen-bond acceptors (Lipinski definition) is 5. The third kappa shape index (κ3) is 4.19. The number of nitrogens with one attached hydrogen (secondary N) is 1. The van der Waals surface area contributed by atoms with Crippen LogP contribution in [0.15, 0.2) is 52.9 Å².